The molecule has 4 heteroatoms. The van der Waals surface area contributed by atoms with Gasteiger partial charge in [0, 0.05) is 11.6 Å². The van der Waals surface area contributed by atoms with Gasteiger partial charge in [-0.3, -0.25) is 0 Å². The van der Waals surface area contributed by atoms with E-state index in [9.17, 15) is 9.59 Å². The third kappa shape index (κ3) is 5.70. The van der Waals surface area contributed by atoms with Crippen molar-refractivity contribution in [1.29, 1.82) is 0 Å². The van der Waals surface area contributed by atoms with Crippen LogP contribution >= 0.6 is 0 Å². The Balaban J connectivity index is 0.000000126. The normalized spacial score (nSPS) is 32.1. The molecule has 2 saturated carbocycles. The van der Waals surface area contributed by atoms with Crippen LogP contribution in [0.25, 0.3) is 0 Å². The van der Waals surface area contributed by atoms with Gasteiger partial charge in [0.25, 0.3) is 0 Å². The van der Waals surface area contributed by atoms with Crippen molar-refractivity contribution >= 4 is 11.9 Å². The maximum atomic E-state index is 9.90. The van der Waals surface area contributed by atoms with E-state index in [0.29, 0.717) is 6.08 Å². The van der Waals surface area contributed by atoms with Crippen molar-refractivity contribution in [3.63, 3.8) is 0 Å². The molecule has 0 saturated heterocycles. The molecule has 0 aromatic heterocycles. The predicted molar refractivity (Wildman–Crippen MR) is 89.0 cm³/mol. The van der Waals surface area contributed by atoms with Gasteiger partial charge >= 0.3 is 11.9 Å². The first-order chi connectivity index (χ1) is 10.9. The van der Waals surface area contributed by atoms with Crippen LogP contribution in [-0.2, 0) is 9.59 Å². The molecule has 0 aliphatic heterocycles. The third-order valence-electron chi connectivity index (χ3n) is 5.02. The van der Waals surface area contributed by atoms with Gasteiger partial charge in [-0.2, -0.15) is 0 Å². The summed E-state index contributed by atoms with van der Waals surface area (Å²) in [7, 11) is 0. The van der Waals surface area contributed by atoms with Gasteiger partial charge in [-0.15, -0.1) is 0 Å². The minimum absolute atomic E-state index is 0.178. The molecule has 0 spiro atoms. The number of aliphatic carboxylic acids is 2. The van der Waals surface area contributed by atoms with Crippen molar-refractivity contribution in [2.45, 2.75) is 45.4 Å². The zero-order valence-electron chi connectivity index (χ0n) is 13.6. The molecule has 0 aromatic rings. The number of carboxylic acid groups (broad SMARTS) is 2. The molecule has 4 aliphatic carbocycles. The van der Waals surface area contributed by atoms with Crippen molar-refractivity contribution in [2.75, 3.05) is 0 Å². The van der Waals surface area contributed by atoms with Gasteiger partial charge in [-0.05, 0) is 69.1 Å². The van der Waals surface area contributed by atoms with E-state index in [1.165, 1.54) is 45.4 Å². The summed E-state index contributed by atoms with van der Waals surface area (Å²) in [5.74, 6) is 1.51. The highest BCUT2D eigenvalue weighted by Crippen LogP contribution is 2.38. The molecule has 0 amide bonds. The Kier molecular flexibility index (Phi) is 6.20. The Morgan fingerprint density at radius 3 is 1.26 bits per heavy atom. The van der Waals surface area contributed by atoms with Gasteiger partial charge in [0.1, 0.15) is 0 Å². The van der Waals surface area contributed by atoms with E-state index in [0.717, 1.165) is 23.7 Å². The summed E-state index contributed by atoms with van der Waals surface area (Å²) in [6.07, 6.45) is 19.0. The highest BCUT2D eigenvalue weighted by atomic mass is 16.4. The fraction of sp³-hybridized carbons (Fsp3) is 0.579. The Hall–Kier alpha value is -1.84. The van der Waals surface area contributed by atoms with Gasteiger partial charge in [0.15, 0.2) is 0 Å². The molecular weight excluding hydrogens is 292 g/mol. The van der Waals surface area contributed by atoms with Crippen molar-refractivity contribution in [3.05, 3.63) is 36.0 Å². The van der Waals surface area contributed by atoms with Crippen LogP contribution in [0.3, 0.4) is 0 Å². The second-order valence-electron chi connectivity index (χ2n) is 6.91. The van der Waals surface area contributed by atoms with Crippen LogP contribution < -0.4 is 0 Å². The second kappa shape index (κ2) is 8.14. The van der Waals surface area contributed by atoms with Gasteiger partial charge in [-0.25, -0.2) is 9.59 Å². The zero-order chi connectivity index (χ0) is 16.8. The predicted octanol–water partition coefficient (Wildman–Crippen LogP) is 4.05. The van der Waals surface area contributed by atoms with Gasteiger partial charge < -0.3 is 10.2 Å². The lowest BCUT2D eigenvalue weighted by Gasteiger charge is -1.96. The summed E-state index contributed by atoms with van der Waals surface area (Å²) >= 11 is 0. The molecule has 4 nitrogen and oxygen atoms in total. The number of hydrogen-bond donors (Lipinski definition) is 2. The van der Waals surface area contributed by atoms with Crippen LogP contribution in [0.4, 0.5) is 0 Å². The number of rotatable bonds is 2. The number of hydrogen-bond acceptors (Lipinski definition) is 2. The summed E-state index contributed by atoms with van der Waals surface area (Å²) in [5.41, 5.74) is -0.178. The Morgan fingerprint density at radius 1 is 0.826 bits per heavy atom. The zero-order valence-corrected chi connectivity index (χ0v) is 13.6. The topological polar surface area (TPSA) is 74.6 Å². The smallest absolute Gasteiger partial charge is 0.331 e. The monoisotopic (exact) mass is 318 g/mol. The van der Waals surface area contributed by atoms with E-state index in [1.807, 2.05) is 0 Å². The lowest BCUT2D eigenvalue weighted by molar-refractivity contribution is -0.135. The molecule has 2 N–H and O–H groups in total. The molecule has 4 atom stereocenters. The maximum absolute atomic E-state index is 9.90. The van der Waals surface area contributed by atoms with Crippen LogP contribution in [0.15, 0.2) is 36.0 Å². The molecular formula is C19H26O4. The average molecular weight is 318 g/mol. The highest BCUT2D eigenvalue weighted by Gasteiger charge is 2.25. The molecule has 0 aromatic carbocycles. The first kappa shape index (κ1) is 17.5. The quantitative estimate of drug-likeness (QED) is 0.595. The largest absolute Gasteiger partial charge is 0.478 e. The summed E-state index contributed by atoms with van der Waals surface area (Å²) in [6, 6.07) is 0. The summed E-state index contributed by atoms with van der Waals surface area (Å²) in [4.78, 5) is 19.7. The second-order valence-corrected chi connectivity index (χ2v) is 6.91. The lowest BCUT2D eigenvalue weighted by atomic mass is 10.1. The summed E-state index contributed by atoms with van der Waals surface area (Å²) < 4.78 is 0. The van der Waals surface area contributed by atoms with Crippen LogP contribution in [0.1, 0.15) is 45.4 Å². The average Bonchev–Trinajstić information content (AvgIpc) is 3.30. The van der Waals surface area contributed by atoms with Crippen LogP contribution in [0.2, 0.25) is 0 Å². The van der Waals surface area contributed by atoms with Gasteiger partial charge in [0.05, 0.1) is 0 Å². The van der Waals surface area contributed by atoms with Crippen molar-refractivity contribution in [1.82, 2.24) is 0 Å². The Bertz CT molecular complexity index is 477. The summed E-state index contributed by atoms with van der Waals surface area (Å²) in [6.45, 7) is 1.22. The standard InChI is InChI=1S/2C7H10.C5H6O4/c2*1-2-7-4-3-6(1)5-7;1-3(5(8)9)2-4(6)7/h2*1-2,6-7H,3-5H2;2H,1H3,(H,6,7)(H,8,9)/b;;3-2-. The number of allylic oxidation sites excluding steroid dienone is 4. The molecule has 23 heavy (non-hydrogen) atoms. The molecule has 4 rings (SSSR count). The van der Waals surface area contributed by atoms with Crippen molar-refractivity contribution < 1.29 is 19.8 Å². The van der Waals surface area contributed by atoms with Gasteiger partial charge in [0.2, 0.25) is 0 Å². The van der Waals surface area contributed by atoms with Crippen LogP contribution in [-0.4, -0.2) is 22.2 Å². The summed E-state index contributed by atoms with van der Waals surface area (Å²) in [5, 5.41) is 16.1. The van der Waals surface area contributed by atoms with E-state index >= 15 is 0 Å². The fourth-order valence-corrected chi connectivity index (χ4v) is 3.68. The molecule has 4 bridgehead atoms. The lowest BCUT2D eigenvalue weighted by Crippen LogP contribution is -1.99. The minimum Gasteiger partial charge on any atom is -0.478 e. The maximum Gasteiger partial charge on any atom is 0.331 e. The number of carbonyl (C=O) groups is 2. The molecule has 0 heterocycles. The van der Waals surface area contributed by atoms with Crippen molar-refractivity contribution in [3.8, 4) is 0 Å². The Labute approximate surface area is 137 Å². The fourth-order valence-electron chi connectivity index (χ4n) is 3.68. The highest BCUT2D eigenvalue weighted by molar-refractivity contribution is 5.93. The van der Waals surface area contributed by atoms with Crippen LogP contribution in [0.5, 0.6) is 0 Å². The minimum atomic E-state index is -1.24. The first-order valence-corrected chi connectivity index (χ1v) is 8.45. The molecule has 0 radical (unpaired) electrons. The van der Waals surface area contributed by atoms with Crippen molar-refractivity contribution in [2.24, 2.45) is 23.7 Å². The molecule has 126 valence electrons. The van der Waals surface area contributed by atoms with Crippen LogP contribution in [0, 0.1) is 23.7 Å². The van der Waals surface area contributed by atoms with E-state index in [2.05, 4.69) is 24.3 Å². The molecule has 4 unspecified atom stereocenters. The van der Waals surface area contributed by atoms with Gasteiger partial charge in [-0.1, -0.05) is 24.3 Å². The van der Waals surface area contributed by atoms with E-state index < -0.39 is 11.9 Å². The number of carboxylic acids is 2. The molecule has 4 aliphatic rings. The molecule has 2 fully saturated rings. The number of fused-ring (bicyclic) bond motifs is 4. The van der Waals surface area contributed by atoms with E-state index in [-0.39, 0.29) is 5.57 Å². The Morgan fingerprint density at radius 2 is 1.17 bits per heavy atom. The van der Waals surface area contributed by atoms with E-state index in [4.69, 9.17) is 10.2 Å². The van der Waals surface area contributed by atoms with E-state index in [1.54, 1.807) is 0 Å². The SMILES string of the molecule is C/C(=C/C(=O)O)C(=O)O.C1=CC2CCC1C2.C1=CC2CCC1C2. The first-order valence-electron chi connectivity index (χ1n) is 8.45. The third-order valence-corrected chi connectivity index (χ3v) is 5.02.